The maximum absolute atomic E-state index is 5.88. The molecular formula is C16H24ClN3O. The summed E-state index contributed by atoms with van der Waals surface area (Å²) in [5.74, 6) is 1.69. The SMILES string of the molecule is CN=C(NCc1ccc(Cl)cc1)N(C)CCOCC1CC1. The fourth-order valence-electron chi connectivity index (χ4n) is 2.01. The Morgan fingerprint density at radius 3 is 2.71 bits per heavy atom. The molecule has 2 rings (SSSR count). The maximum atomic E-state index is 5.88. The third-order valence-corrected chi connectivity index (χ3v) is 3.81. The topological polar surface area (TPSA) is 36.9 Å². The highest BCUT2D eigenvalue weighted by Gasteiger charge is 2.21. The van der Waals surface area contributed by atoms with E-state index in [4.69, 9.17) is 16.3 Å². The van der Waals surface area contributed by atoms with E-state index in [-0.39, 0.29) is 0 Å². The minimum absolute atomic E-state index is 0.733. The molecule has 0 saturated heterocycles. The van der Waals surface area contributed by atoms with Gasteiger partial charge in [-0.25, -0.2) is 0 Å². The van der Waals surface area contributed by atoms with Crippen molar-refractivity contribution in [1.29, 1.82) is 0 Å². The van der Waals surface area contributed by atoms with Gasteiger partial charge < -0.3 is 15.0 Å². The summed E-state index contributed by atoms with van der Waals surface area (Å²) in [5, 5.41) is 4.10. The van der Waals surface area contributed by atoms with Crippen LogP contribution in [-0.2, 0) is 11.3 Å². The third kappa shape index (κ3) is 5.94. The van der Waals surface area contributed by atoms with E-state index >= 15 is 0 Å². The molecule has 1 saturated carbocycles. The summed E-state index contributed by atoms with van der Waals surface area (Å²) >= 11 is 5.88. The zero-order valence-electron chi connectivity index (χ0n) is 12.8. The highest BCUT2D eigenvalue weighted by Crippen LogP contribution is 2.28. The predicted octanol–water partition coefficient (Wildman–Crippen LogP) is 2.77. The number of rotatable bonds is 7. The normalized spacial score (nSPS) is 15.1. The second-order valence-electron chi connectivity index (χ2n) is 5.47. The number of benzene rings is 1. The van der Waals surface area contributed by atoms with Crippen LogP contribution in [0.5, 0.6) is 0 Å². The van der Waals surface area contributed by atoms with Crippen molar-refractivity contribution in [3.63, 3.8) is 0 Å². The number of aliphatic imine (C=N–C) groups is 1. The smallest absolute Gasteiger partial charge is 0.193 e. The summed E-state index contributed by atoms with van der Waals surface area (Å²) in [6.45, 7) is 3.23. The average Bonchev–Trinajstić information content (AvgIpc) is 3.30. The lowest BCUT2D eigenvalue weighted by Crippen LogP contribution is -2.40. The van der Waals surface area contributed by atoms with Crippen molar-refractivity contribution in [1.82, 2.24) is 10.2 Å². The quantitative estimate of drug-likeness (QED) is 0.478. The van der Waals surface area contributed by atoms with E-state index in [1.54, 1.807) is 7.05 Å². The van der Waals surface area contributed by atoms with Gasteiger partial charge in [-0.1, -0.05) is 23.7 Å². The van der Waals surface area contributed by atoms with Gasteiger partial charge in [0.1, 0.15) is 0 Å². The number of hydrogen-bond donors (Lipinski definition) is 1. The molecule has 0 bridgehead atoms. The fraction of sp³-hybridized carbons (Fsp3) is 0.562. The number of nitrogens with one attached hydrogen (secondary N) is 1. The van der Waals surface area contributed by atoms with E-state index in [1.165, 1.54) is 18.4 Å². The summed E-state index contributed by atoms with van der Waals surface area (Å²) in [4.78, 5) is 6.38. The molecule has 5 heteroatoms. The highest BCUT2D eigenvalue weighted by molar-refractivity contribution is 6.30. The van der Waals surface area contributed by atoms with Gasteiger partial charge in [0.25, 0.3) is 0 Å². The van der Waals surface area contributed by atoms with Crippen LogP contribution in [0.2, 0.25) is 5.02 Å². The van der Waals surface area contributed by atoms with Gasteiger partial charge in [0.15, 0.2) is 5.96 Å². The molecule has 1 aliphatic carbocycles. The van der Waals surface area contributed by atoms with E-state index in [9.17, 15) is 0 Å². The summed E-state index contributed by atoms with van der Waals surface area (Å²) in [6.07, 6.45) is 2.67. The summed E-state index contributed by atoms with van der Waals surface area (Å²) in [5.41, 5.74) is 1.18. The van der Waals surface area contributed by atoms with Crippen molar-refractivity contribution in [3.8, 4) is 0 Å². The number of hydrogen-bond acceptors (Lipinski definition) is 2. The van der Waals surface area contributed by atoms with Gasteiger partial charge in [0, 0.05) is 38.8 Å². The highest BCUT2D eigenvalue weighted by atomic mass is 35.5. The van der Waals surface area contributed by atoms with Crippen molar-refractivity contribution in [2.45, 2.75) is 19.4 Å². The lowest BCUT2D eigenvalue weighted by Gasteiger charge is -2.22. The van der Waals surface area contributed by atoms with Gasteiger partial charge in [-0.2, -0.15) is 0 Å². The molecule has 116 valence electrons. The lowest BCUT2D eigenvalue weighted by molar-refractivity contribution is 0.115. The van der Waals surface area contributed by atoms with Gasteiger partial charge in [-0.3, -0.25) is 4.99 Å². The van der Waals surface area contributed by atoms with Crippen LogP contribution in [0.25, 0.3) is 0 Å². The van der Waals surface area contributed by atoms with E-state index in [2.05, 4.69) is 15.2 Å². The standard InChI is InChI=1S/C16H24ClN3O/c1-18-16(19-11-13-5-7-15(17)8-6-13)20(2)9-10-21-12-14-3-4-14/h5-8,14H,3-4,9-12H2,1-2H3,(H,18,19). The van der Waals surface area contributed by atoms with Gasteiger partial charge in [0.2, 0.25) is 0 Å². The zero-order valence-corrected chi connectivity index (χ0v) is 13.6. The first-order valence-electron chi connectivity index (χ1n) is 7.43. The molecule has 0 radical (unpaired) electrons. The monoisotopic (exact) mass is 309 g/mol. The Balaban J connectivity index is 1.69. The van der Waals surface area contributed by atoms with Gasteiger partial charge in [-0.15, -0.1) is 0 Å². The molecule has 0 atom stereocenters. The van der Waals surface area contributed by atoms with Gasteiger partial charge in [0.05, 0.1) is 6.61 Å². The van der Waals surface area contributed by atoms with Crippen molar-refractivity contribution in [2.24, 2.45) is 10.9 Å². The molecule has 1 aromatic rings. The van der Waals surface area contributed by atoms with E-state index in [0.717, 1.165) is 43.2 Å². The molecule has 1 aromatic carbocycles. The first kappa shape index (κ1) is 16.1. The van der Waals surface area contributed by atoms with Crippen LogP contribution in [0.4, 0.5) is 0 Å². The maximum Gasteiger partial charge on any atom is 0.193 e. The lowest BCUT2D eigenvalue weighted by atomic mass is 10.2. The van der Waals surface area contributed by atoms with Crippen LogP contribution in [0.15, 0.2) is 29.3 Å². The third-order valence-electron chi connectivity index (χ3n) is 3.56. The number of guanidine groups is 1. The molecule has 0 aromatic heterocycles. The summed E-state index contributed by atoms with van der Waals surface area (Å²) in [7, 11) is 3.82. The van der Waals surface area contributed by atoms with Gasteiger partial charge in [-0.05, 0) is 36.5 Å². The molecule has 0 heterocycles. The van der Waals surface area contributed by atoms with Crippen molar-refractivity contribution < 1.29 is 4.74 Å². The Kier molecular flexibility index (Phi) is 6.33. The van der Waals surface area contributed by atoms with Crippen molar-refractivity contribution >= 4 is 17.6 Å². The molecule has 4 nitrogen and oxygen atoms in total. The molecule has 1 N–H and O–H groups in total. The largest absolute Gasteiger partial charge is 0.379 e. The molecule has 1 aliphatic rings. The minimum Gasteiger partial charge on any atom is -0.379 e. The van der Waals surface area contributed by atoms with E-state index < -0.39 is 0 Å². The van der Waals surface area contributed by atoms with Crippen LogP contribution in [0.1, 0.15) is 18.4 Å². The Labute approximate surface area is 132 Å². The zero-order chi connectivity index (χ0) is 15.1. The van der Waals surface area contributed by atoms with Crippen LogP contribution < -0.4 is 5.32 Å². The fourth-order valence-corrected chi connectivity index (χ4v) is 2.14. The number of ether oxygens (including phenoxy) is 1. The first-order chi connectivity index (χ1) is 10.2. The van der Waals surface area contributed by atoms with Crippen molar-refractivity contribution in [2.75, 3.05) is 33.9 Å². The van der Waals surface area contributed by atoms with E-state index in [1.807, 2.05) is 31.3 Å². The molecule has 1 fully saturated rings. The minimum atomic E-state index is 0.733. The van der Waals surface area contributed by atoms with Crippen molar-refractivity contribution in [3.05, 3.63) is 34.9 Å². The molecular weight excluding hydrogens is 286 g/mol. The second kappa shape index (κ2) is 8.25. The molecule has 0 unspecified atom stereocenters. The van der Waals surface area contributed by atoms with E-state index in [0.29, 0.717) is 0 Å². The Bertz CT molecular complexity index is 457. The molecule has 0 aliphatic heterocycles. The second-order valence-corrected chi connectivity index (χ2v) is 5.90. The van der Waals surface area contributed by atoms with Crippen LogP contribution in [-0.4, -0.2) is 44.7 Å². The summed E-state index contributed by atoms with van der Waals surface area (Å²) < 4.78 is 5.66. The van der Waals surface area contributed by atoms with Crippen LogP contribution in [0.3, 0.4) is 0 Å². The van der Waals surface area contributed by atoms with Gasteiger partial charge >= 0.3 is 0 Å². The number of nitrogens with zero attached hydrogens (tertiary/aromatic N) is 2. The molecule has 21 heavy (non-hydrogen) atoms. The van der Waals surface area contributed by atoms with Crippen LogP contribution >= 0.6 is 11.6 Å². The average molecular weight is 310 g/mol. The number of likely N-dealkylation sites (N-methyl/N-ethyl adjacent to an activating group) is 1. The number of halogens is 1. The molecule has 0 spiro atoms. The summed E-state index contributed by atoms with van der Waals surface area (Å²) in [6, 6.07) is 7.83. The Hall–Kier alpha value is -1.26. The van der Waals surface area contributed by atoms with Crippen LogP contribution in [0, 0.1) is 5.92 Å². The first-order valence-corrected chi connectivity index (χ1v) is 7.81. The predicted molar refractivity (Wildman–Crippen MR) is 87.8 cm³/mol. The molecule has 0 amide bonds. The Morgan fingerprint density at radius 2 is 2.10 bits per heavy atom. The Morgan fingerprint density at radius 1 is 1.38 bits per heavy atom.